The Morgan fingerprint density at radius 1 is 1.30 bits per heavy atom. The highest BCUT2D eigenvalue weighted by molar-refractivity contribution is 7.15. The molecular weight excluding hydrogens is 298 g/mol. The Balaban J connectivity index is 1.98. The minimum absolute atomic E-state index is 0.216. The number of anilines is 1. The number of hydrogen-bond acceptors (Lipinski definition) is 5. The lowest BCUT2D eigenvalue weighted by atomic mass is 10.1. The summed E-state index contributed by atoms with van der Waals surface area (Å²) >= 11 is 6.92. The second-order valence-electron chi connectivity index (χ2n) is 4.37. The molecule has 3 rings (SSSR count). The van der Waals surface area contributed by atoms with Gasteiger partial charge in [0.25, 0.3) is 11.7 Å². The van der Waals surface area contributed by atoms with E-state index in [1.54, 1.807) is 12.1 Å². The fraction of sp³-hybridized carbons (Fsp3) is 0.231. The first kappa shape index (κ1) is 13.2. The van der Waals surface area contributed by atoms with Crippen LogP contribution in [0.3, 0.4) is 0 Å². The Bertz CT molecular complexity index is 713. The number of amides is 1. The molecular formula is C13H10ClN3O2S. The van der Waals surface area contributed by atoms with E-state index >= 15 is 0 Å². The first-order valence-corrected chi connectivity index (χ1v) is 7.26. The number of carbonyl (C=O) groups is 2. The third-order valence-corrected chi connectivity index (χ3v) is 4.18. The SMILES string of the molecule is CCc1ccc2c(c1)C(=O)C(=O)N2Cc1nnc(Cl)s1. The van der Waals surface area contributed by atoms with E-state index in [2.05, 4.69) is 10.2 Å². The number of aromatic nitrogens is 2. The normalized spacial score (nSPS) is 14.0. The van der Waals surface area contributed by atoms with E-state index in [0.717, 1.165) is 12.0 Å². The van der Waals surface area contributed by atoms with Gasteiger partial charge in [-0.15, -0.1) is 10.2 Å². The molecule has 7 heteroatoms. The van der Waals surface area contributed by atoms with Crippen molar-refractivity contribution in [1.29, 1.82) is 0 Å². The molecule has 1 aliphatic rings. The molecule has 1 amide bonds. The summed E-state index contributed by atoms with van der Waals surface area (Å²) in [6.45, 7) is 2.22. The van der Waals surface area contributed by atoms with Crippen LogP contribution in [-0.4, -0.2) is 21.9 Å². The summed E-state index contributed by atoms with van der Waals surface area (Å²) < 4.78 is 0.319. The summed E-state index contributed by atoms with van der Waals surface area (Å²) in [7, 11) is 0. The van der Waals surface area contributed by atoms with Gasteiger partial charge in [0.2, 0.25) is 4.47 Å². The van der Waals surface area contributed by atoms with E-state index in [0.29, 0.717) is 20.7 Å². The summed E-state index contributed by atoms with van der Waals surface area (Å²) in [6.07, 6.45) is 0.820. The largest absolute Gasteiger partial charge is 0.299 e. The molecule has 0 aliphatic carbocycles. The van der Waals surface area contributed by atoms with Crippen LogP contribution in [0.5, 0.6) is 0 Å². The number of rotatable bonds is 3. The Hall–Kier alpha value is -1.79. The van der Waals surface area contributed by atoms with Crippen molar-refractivity contribution in [2.24, 2.45) is 0 Å². The standard InChI is InChI=1S/C13H10ClN3O2S/c1-2-7-3-4-9-8(5-7)11(18)12(19)17(9)6-10-15-16-13(14)20-10/h3-5H,2,6H2,1H3. The van der Waals surface area contributed by atoms with Gasteiger partial charge in [-0.3, -0.25) is 14.5 Å². The Kier molecular flexibility index (Phi) is 3.27. The molecule has 1 aromatic heterocycles. The van der Waals surface area contributed by atoms with Gasteiger partial charge < -0.3 is 0 Å². The van der Waals surface area contributed by atoms with Gasteiger partial charge in [-0.2, -0.15) is 0 Å². The summed E-state index contributed by atoms with van der Waals surface area (Å²) in [5.41, 5.74) is 2.12. The molecule has 20 heavy (non-hydrogen) atoms. The number of carbonyl (C=O) groups excluding carboxylic acids is 2. The monoisotopic (exact) mass is 307 g/mol. The predicted octanol–water partition coefficient (Wildman–Crippen LogP) is 2.48. The van der Waals surface area contributed by atoms with Crippen molar-refractivity contribution in [2.45, 2.75) is 19.9 Å². The molecule has 0 spiro atoms. The maximum Gasteiger partial charge on any atom is 0.299 e. The fourth-order valence-electron chi connectivity index (χ4n) is 2.16. The van der Waals surface area contributed by atoms with E-state index in [4.69, 9.17) is 11.6 Å². The van der Waals surface area contributed by atoms with Crippen molar-refractivity contribution in [3.63, 3.8) is 0 Å². The lowest BCUT2D eigenvalue weighted by molar-refractivity contribution is -0.114. The predicted molar refractivity (Wildman–Crippen MR) is 76.3 cm³/mol. The van der Waals surface area contributed by atoms with Gasteiger partial charge in [0, 0.05) is 0 Å². The molecule has 0 unspecified atom stereocenters. The zero-order valence-corrected chi connectivity index (χ0v) is 12.2. The first-order chi connectivity index (χ1) is 9.60. The average Bonchev–Trinajstić information content (AvgIpc) is 2.96. The molecule has 0 radical (unpaired) electrons. The second-order valence-corrected chi connectivity index (χ2v) is 6.02. The van der Waals surface area contributed by atoms with Crippen LogP contribution in [0.4, 0.5) is 5.69 Å². The fourth-order valence-corrected chi connectivity index (χ4v) is 3.01. The lowest BCUT2D eigenvalue weighted by Gasteiger charge is -2.14. The molecule has 1 aromatic carbocycles. The van der Waals surface area contributed by atoms with Crippen LogP contribution in [0.25, 0.3) is 0 Å². The number of ketones is 1. The van der Waals surface area contributed by atoms with Crippen molar-refractivity contribution in [3.8, 4) is 0 Å². The van der Waals surface area contributed by atoms with Crippen LogP contribution in [-0.2, 0) is 17.8 Å². The van der Waals surface area contributed by atoms with E-state index in [-0.39, 0.29) is 6.54 Å². The van der Waals surface area contributed by atoms with Crippen LogP contribution in [0, 0.1) is 0 Å². The quantitative estimate of drug-likeness (QED) is 0.817. The van der Waals surface area contributed by atoms with Gasteiger partial charge in [0.05, 0.1) is 17.8 Å². The highest BCUT2D eigenvalue weighted by Gasteiger charge is 2.36. The van der Waals surface area contributed by atoms with Gasteiger partial charge in [0.15, 0.2) is 0 Å². The van der Waals surface area contributed by atoms with E-state index < -0.39 is 11.7 Å². The van der Waals surface area contributed by atoms with Crippen LogP contribution in [0.1, 0.15) is 27.9 Å². The molecule has 0 fully saturated rings. The average molecular weight is 308 g/mol. The van der Waals surface area contributed by atoms with Crippen molar-refractivity contribution < 1.29 is 9.59 Å². The number of fused-ring (bicyclic) bond motifs is 1. The molecule has 0 saturated carbocycles. The van der Waals surface area contributed by atoms with Crippen molar-refractivity contribution in [1.82, 2.24) is 10.2 Å². The van der Waals surface area contributed by atoms with Gasteiger partial charge >= 0.3 is 0 Å². The van der Waals surface area contributed by atoms with E-state index in [1.807, 2.05) is 13.0 Å². The Morgan fingerprint density at radius 2 is 2.10 bits per heavy atom. The van der Waals surface area contributed by atoms with Crippen LogP contribution in [0.15, 0.2) is 18.2 Å². The Labute approximate surface area is 124 Å². The van der Waals surface area contributed by atoms with Gasteiger partial charge in [-0.1, -0.05) is 24.3 Å². The van der Waals surface area contributed by atoms with Crippen molar-refractivity contribution >= 4 is 40.3 Å². The maximum atomic E-state index is 12.1. The summed E-state index contributed by atoms with van der Waals surface area (Å²) in [5.74, 6) is -0.995. The zero-order chi connectivity index (χ0) is 14.3. The first-order valence-electron chi connectivity index (χ1n) is 6.07. The highest BCUT2D eigenvalue weighted by Crippen LogP contribution is 2.32. The molecule has 2 heterocycles. The Morgan fingerprint density at radius 3 is 2.75 bits per heavy atom. The molecule has 1 aliphatic heterocycles. The minimum Gasteiger partial charge on any atom is -0.298 e. The molecule has 0 atom stereocenters. The van der Waals surface area contributed by atoms with Gasteiger partial charge in [-0.25, -0.2) is 0 Å². The lowest BCUT2D eigenvalue weighted by Crippen LogP contribution is -2.29. The minimum atomic E-state index is -0.528. The summed E-state index contributed by atoms with van der Waals surface area (Å²) in [6, 6.07) is 5.51. The number of nitrogens with zero attached hydrogens (tertiary/aromatic N) is 3. The smallest absolute Gasteiger partial charge is 0.298 e. The van der Waals surface area contributed by atoms with Gasteiger partial charge in [0.1, 0.15) is 5.01 Å². The van der Waals surface area contributed by atoms with Crippen molar-refractivity contribution in [3.05, 3.63) is 38.8 Å². The van der Waals surface area contributed by atoms with Gasteiger partial charge in [-0.05, 0) is 35.7 Å². The number of benzene rings is 1. The zero-order valence-electron chi connectivity index (χ0n) is 10.6. The molecule has 2 aromatic rings. The third-order valence-electron chi connectivity index (χ3n) is 3.18. The summed E-state index contributed by atoms with van der Waals surface area (Å²) in [4.78, 5) is 25.5. The molecule has 0 bridgehead atoms. The molecule has 5 nitrogen and oxygen atoms in total. The molecule has 102 valence electrons. The van der Waals surface area contributed by atoms with Crippen molar-refractivity contribution in [2.75, 3.05) is 4.90 Å². The number of aryl methyl sites for hydroxylation is 1. The van der Waals surface area contributed by atoms with E-state index in [1.165, 1.54) is 16.2 Å². The third kappa shape index (κ3) is 2.10. The maximum absolute atomic E-state index is 12.1. The number of hydrogen-bond donors (Lipinski definition) is 0. The topological polar surface area (TPSA) is 63.2 Å². The number of halogens is 1. The molecule has 0 N–H and O–H groups in total. The van der Waals surface area contributed by atoms with Crippen LogP contribution in [0.2, 0.25) is 4.47 Å². The van der Waals surface area contributed by atoms with Crippen LogP contribution >= 0.6 is 22.9 Å². The van der Waals surface area contributed by atoms with Crippen LogP contribution < -0.4 is 4.90 Å². The molecule has 0 saturated heterocycles. The number of Topliss-reactive ketones (excluding diaryl/α,β-unsaturated/α-hetero) is 1. The summed E-state index contributed by atoms with van der Waals surface area (Å²) in [5, 5.41) is 8.17. The highest BCUT2D eigenvalue weighted by atomic mass is 35.5. The van der Waals surface area contributed by atoms with E-state index in [9.17, 15) is 9.59 Å². The second kappa shape index (κ2) is 4.96.